The second kappa shape index (κ2) is 6.85. The Labute approximate surface area is 111 Å². The van der Waals surface area contributed by atoms with Crippen LogP contribution in [0.5, 0.6) is 0 Å². The molecular formula is C14H28N2O2. The molecule has 1 aliphatic heterocycles. The lowest BCUT2D eigenvalue weighted by atomic mass is 9.90. The van der Waals surface area contributed by atoms with Crippen molar-refractivity contribution < 1.29 is 9.47 Å². The summed E-state index contributed by atoms with van der Waals surface area (Å²) in [5.41, 5.74) is 5.99. The van der Waals surface area contributed by atoms with Crippen LogP contribution in [-0.2, 0) is 9.47 Å². The molecule has 2 N–H and O–H groups in total. The van der Waals surface area contributed by atoms with Gasteiger partial charge in [0.1, 0.15) is 0 Å². The summed E-state index contributed by atoms with van der Waals surface area (Å²) in [5.74, 6) is 0.913. The van der Waals surface area contributed by atoms with Gasteiger partial charge in [0.15, 0.2) is 6.29 Å². The molecule has 1 saturated heterocycles. The lowest BCUT2D eigenvalue weighted by molar-refractivity contribution is -0.120. The summed E-state index contributed by atoms with van der Waals surface area (Å²) in [6.07, 6.45) is 7.65. The van der Waals surface area contributed by atoms with Crippen molar-refractivity contribution in [1.82, 2.24) is 4.90 Å². The molecule has 0 aromatic rings. The number of hydrogen-bond acceptors (Lipinski definition) is 4. The van der Waals surface area contributed by atoms with E-state index in [1.807, 2.05) is 0 Å². The molecule has 0 amide bonds. The third kappa shape index (κ3) is 3.05. The maximum atomic E-state index is 5.99. The molecule has 3 unspecified atom stereocenters. The molecule has 3 atom stereocenters. The normalized spacial score (nSPS) is 30.7. The third-order valence-electron chi connectivity index (χ3n) is 4.77. The second-order valence-corrected chi connectivity index (χ2v) is 5.66. The number of piperidine rings is 1. The summed E-state index contributed by atoms with van der Waals surface area (Å²) in [6.45, 7) is 1.90. The first-order valence-electron chi connectivity index (χ1n) is 7.31. The minimum Gasteiger partial charge on any atom is -0.356 e. The molecule has 4 nitrogen and oxygen atoms in total. The fourth-order valence-corrected chi connectivity index (χ4v) is 3.82. The number of methoxy groups -OCH3 is 2. The van der Waals surface area contributed by atoms with Gasteiger partial charge in [0, 0.05) is 39.3 Å². The topological polar surface area (TPSA) is 47.7 Å². The van der Waals surface area contributed by atoms with Crippen LogP contribution in [0.3, 0.4) is 0 Å². The van der Waals surface area contributed by atoms with Crippen molar-refractivity contribution in [3.8, 4) is 0 Å². The van der Waals surface area contributed by atoms with Crippen LogP contribution in [0.25, 0.3) is 0 Å². The molecule has 2 fully saturated rings. The number of ether oxygens (including phenoxy) is 2. The molecule has 2 aliphatic rings. The summed E-state index contributed by atoms with van der Waals surface area (Å²) in [5, 5.41) is 0. The number of hydrogen-bond donors (Lipinski definition) is 1. The summed E-state index contributed by atoms with van der Waals surface area (Å²) < 4.78 is 10.7. The quantitative estimate of drug-likeness (QED) is 0.733. The van der Waals surface area contributed by atoms with E-state index in [4.69, 9.17) is 15.2 Å². The lowest BCUT2D eigenvalue weighted by Gasteiger charge is -2.43. The van der Waals surface area contributed by atoms with E-state index < -0.39 is 0 Å². The van der Waals surface area contributed by atoms with Crippen molar-refractivity contribution in [2.24, 2.45) is 11.7 Å². The van der Waals surface area contributed by atoms with Crippen LogP contribution >= 0.6 is 0 Å². The van der Waals surface area contributed by atoms with Gasteiger partial charge in [0.2, 0.25) is 0 Å². The number of likely N-dealkylation sites (tertiary alicyclic amines) is 1. The van der Waals surface area contributed by atoms with Gasteiger partial charge in [-0.2, -0.15) is 0 Å². The molecule has 1 saturated carbocycles. The van der Waals surface area contributed by atoms with Crippen LogP contribution in [0.4, 0.5) is 0 Å². The average molecular weight is 256 g/mol. The predicted octanol–water partition coefficient (Wildman–Crippen LogP) is 1.59. The molecule has 106 valence electrons. The number of fused-ring (bicyclic) bond motifs is 1. The van der Waals surface area contributed by atoms with Gasteiger partial charge in [-0.05, 0) is 38.1 Å². The van der Waals surface area contributed by atoms with Gasteiger partial charge in [-0.1, -0.05) is 6.42 Å². The molecule has 2 rings (SSSR count). The fraction of sp³-hybridized carbons (Fsp3) is 1.00. The molecule has 1 aliphatic carbocycles. The lowest BCUT2D eigenvalue weighted by Crippen LogP contribution is -2.52. The van der Waals surface area contributed by atoms with Crippen LogP contribution in [0.15, 0.2) is 0 Å². The van der Waals surface area contributed by atoms with Crippen molar-refractivity contribution >= 4 is 0 Å². The molecular weight excluding hydrogens is 228 g/mol. The molecule has 4 heteroatoms. The SMILES string of the molecule is COC(CC(CN)N1CCCC2CCCC21)OC. The van der Waals surface area contributed by atoms with Crippen molar-refractivity contribution in [2.45, 2.75) is 56.9 Å². The molecule has 1 heterocycles. The van der Waals surface area contributed by atoms with Crippen molar-refractivity contribution in [3.63, 3.8) is 0 Å². The Bertz CT molecular complexity index is 246. The Morgan fingerprint density at radius 1 is 1.17 bits per heavy atom. The van der Waals surface area contributed by atoms with Crippen LogP contribution in [0, 0.1) is 5.92 Å². The molecule has 18 heavy (non-hydrogen) atoms. The zero-order valence-corrected chi connectivity index (χ0v) is 11.8. The van der Waals surface area contributed by atoms with E-state index in [9.17, 15) is 0 Å². The van der Waals surface area contributed by atoms with Crippen LogP contribution < -0.4 is 5.73 Å². The first kappa shape index (κ1) is 14.3. The zero-order valence-electron chi connectivity index (χ0n) is 11.8. The highest BCUT2D eigenvalue weighted by Gasteiger charge is 2.38. The third-order valence-corrected chi connectivity index (χ3v) is 4.77. The Hall–Kier alpha value is -0.160. The Balaban J connectivity index is 1.97. The van der Waals surface area contributed by atoms with Crippen molar-refractivity contribution in [3.05, 3.63) is 0 Å². The summed E-state index contributed by atoms with van der Waals surface area (Å²) in [7, 11) is 3.41. The van der Waals surface area contributed by atoms with E-state index >= 15 is 0 Å². The Morgan fingerprint density at radius 2 is 1.89 bits per heavy atom. The monoisotopic (exact) mass is 256 g/mol. The molecule has 0 bridgehead atoms. The van der Waals surface area contributed by atoms with E-state index in [-0.39, 0.29) is 6.29 Å². The number of nitrogens with two attached hydrogens (primary N) is 1. The van der Waals surface area contributed by atoms with Gasteiger partial charge in [-0.15, -0.1) is 0 Å². The van der Waals surface area contributed by atoms with Crippen LogP contribution in [-0.4, -0.2) is 50.6 Å². The van der Waals surface area contributed by atoms with Crippen molar-refractivity contribution in [1.29, 1.82) is 0 Å². The predicted molar refractivity (Wildman–Crippen MR) is 72.3 cm³/mol. The Kier molecular flexibility index (Phi) is 5.42. The van der Waals surface area contributed by atoms with E-state index in [1.165, 1.54) is 38.6 Å². The highest BCUT2D eigenvalue weighted by atomic mass is 16.7. The summed E-state index contributed by atoms with van der Waals surface area (Å²) in [4.78, 5) is 2.65. The van der Waals surface area contributed by atoms with Gasteiger partial charge in [0.05, 0.1) is 0 Å². The molecule has 0 aromatic heterocycles. The van der Waals surface area contributed by atoms with Gasteiger partial charge in [-0.3, -0.25) is 4.90 Å². The standard InChI is InChI=1S/C14H28N2O2/c1-17-14(18-2)9-12(10-15)16-8-4-6-11-5-3-7-13(11)16/h11-14H,3-10,15H2,1-2H3. The fourth-order valence-electron chi connectivity index (χ4n) is 3.82. The summed E-state index contributed by atoms with van der Waals surface area (Å²) in [6, 6.07) is 1.17. The maximum absolute atomic E-state index is 5.99. The van der Waals surface area contributed by atoms with Gasteiger partial charge >= 0.3 is 0 Å². The first-order chi connectivity index (χ1) is 8.80. The molecule has 0 spiro atoms. The minimum atomic E-state index is -0.125. The first-order valence-corrected chi connectivity index (χ1v) is 7.31. The van der Waals surface area contributed by atoms with E-state index in [1.54, 1.807) is 14.2 Å². The number of nitrogens with zero attached hydrogens (tertiary/aromatic N) is 1. The highest BCUT2D eigenvalue weighted by Crippen LogP contribution is 2.38. The molecule has 0 aromatic carbocycles. The average Bonchev–Trinajstić information content (AvgIpc) is 2.89. The largest absolute Gasteiger partial charge is 0.356 e. The van der Waals surface area contributed by atoms with Gasteiger partial charge < -0.3 is 15.2 Å². The summed E-state index contributed by atoms with van der Waals surface area (Å²) >= 11 is 0. The van der Waals surface area contributed by atoms with Gasteiger partial charge in [0.25, 0.3) is 0 Å². The van der Waals surface area contributed by atoms with E-state index in [2.05, 4.69) is 4.90 Å². The van der Waals surface area contributed by atoms with Crippen molar-refractivity contribution in [2.75, 3.05) is 27.3 Å². The number of rotatable bonds is 6. The highest BCUT2D eigenvalue weighted by molar-refractivity contribution is 4.92. The molecule has 0 radical (unpaired) electrons. The van der Waals surface area contributed by atoms with Crippen LogP contribution in [0.1, 0.15) is 38.5 Å². The van der Waals surface area contributed by atoms with E-state index in [0.717, 1.165) is 18.4 Å². The Morgan fingerprint density at radius 3 is 2.56 bits per heavy atom. The van der Waals surface area contributed by atoms with E-state index in [0.29, 0.717) is 12.6 Å². The van der Waals surface area contributed by atoms with Crippen LogP contribution in [0.2, 0.25) is 0 Å². The smallest absolute Gasteiger partial charge is 0.158 e. The second-order valence-electron chi connectivity index (χ2n) is 5.66. The zero-order chi connectivity index (χ0) is 13.0. The minimum absolute atomic E-state index is 0.125. The van der Waals surface area contributed by atoms with Gasteiger partial charge in [-0.25, -0.2) is 0 Å². The maximum Gasteiger partial charge on any atom is 0.158 e.